The van der Waals surface area contributed by atoms with Crippen molar-refractivity contribution >= 4 is 23.3 Å². The topological polar surface area (TPSA) is 61.0 Å². The van der Waals surface area contributed by atoms with Crippen molar-refractivity contribution in [1.82, 2.24) is 9.36 Å². The third-order valence-electron chi connectivity index (χ3n) is 2.63. The van der Waals surface area contributed by atoms with Crippen LogP contribution in [0.2, 0.25) is 0 Å². The van der Waals surface area contributed by atoms with Crippen molar-refractivity contribution in [2.75, 3.05) is 7.11 Å². The molecule has 4 nitrogen and oxygen atoms in total. The molecule has 6 heteroatoms. The molecule has 0 amide bonds. The van der Waals surface area contributed by atoms with Gasteiger partial charge in [0.25, 0.3) is 0 Å². The van der Waals surface area contributed by atoms with Gasteiger partial charge >= 0.3 is 0 Å². The number of hydrogen-bond acceptors (Lipinski definition) is 6. The quantitative estimate of drug-likeness (QED) is 0.854. The maximum atomic E-state index is 6.24. The molecule has 0 aliphatic carbocycles. The van der Waals surface area contributed by atoms with Crippen LogP contribution in [0.5, 0.6) is 5.75 Å². The van der Waals surface area contributed by atoms with E-state index in [9.17, 15) is 0 Å². The summed E-state index contributed by atoms with van der Waals surface area (Å²) in [6.07, 6.45) is 1.57. The van der Waals surface area contributed by atoms with Gasteiger partial charge in [-0.25, -0.2) is 4.98 Å². The van der Waals surface area contributed by atoms with E-state index in [1.807, 2.05) is 24.3 Å². The highest BCUT2D eigenvalue weighted by Gasteiger charge is 2.17. The van der Waals surface area contributed by atoms with Crippen LogP contribution in [0.15, 0.2) is 34.9 Å². The maximum Gasteiger partial charge on any atom is 0.170 e. The first-order chi connectivity index (χ1) is 8.70. The lowest BCUT2D eigenvalue weighted by molar-refractivity contribution is 0.414. The minimum atomic E-state index is -0.0372. The summed E-state index contributed by atoms with van der Waals surface area (Å²) in [7, 11) is 1.66. The molecule has 2 aromatic rings. The Morgan fingerprint density at radius 2 is 2.06 bits per heavy atom. The Hall–Kier alpha value is -1.11. The molecule has 2 rings (SSSR count). The monoisotopic (exact) mass is 281 g/mol. The fourth-order valence-corrected chi connectivity index (χ4v) is 3.31. The van der Waals surface area contributed by atoms with Crippen LogP contribution in [-0.2, 0) is 0 Å². The van der Waals surface area contributed by atoms with Crippen LogP contribution < -0.4 is 10.5 Å². The molecule has 2 N–H and O–H groups in total. The molecule has 0 saturated carbocycles. The van der Waals surface area contributed by atoms with Crippen LogP contribution in [0.4, 0.5) is 0 Å². The number of aromatic nitrogens is 2. The van der Waals surface area contributed by atoms with E-state index in [-0.39, 0.29) is 11.3 Å². The van der Waals surface area contributed by atoms with Crippen molar-refractivity contribution in [3.63, 3.8) is 0 Å². The molecule has 1 aromatic heterocycles. The number of hydrogen-bond donors (Lipinski definition) is 1. The van der Waals surface area contributed by atoms with Crippen molar-refractivity contribution in [2.45, 2.75) is 22.6 Å². The highest BCUT2D eigenvalue weighted by molar-refractivity contribution is 8.01. The fraction of sp³-hybridized carbons (Fsp3) is 0.333. The average Bonchev–Trinajstić information content (AvgIpc) is 2.91. The van der Waals surface area contributed by atoms with Crippen molar-refractivity contribution < 1.29 is 4.74 Å². The standard InChI is InChI=1S/C12H15N3OS2/c1-8(17-12-14-7-15-18-12)11(13)9-3-5-10(16-2)6-4-9/h3-8,11H,13H2,1-2H3. The lowest BCUT2D eigenvalue weighted by Gasteiger charge is -2.18. The first kappa shape index (κ1) is 13.3. The third kappa shape index (κ3) is 3.22. The van der Waals surface area contributed by atoms with Gasteiger partial charge in [-0.1, -0.05) is 30.8 Å². The zero-order valence-corrected chi connectivity index (χ0v) is 11.9. The van der Waals surface area contributed by atoms with Gasteiger partial charge in [0.1, 0.15) is 12.1 Å². The molecule has 0 aliphatic heterocycles. The van der Waals surface area contributed by atoms with Gasteiger partial charge in [-0.05, 0) is 29.2 Å². The van der Waals surface area contributed by atoms with E-state index >= 15 is 0 Å². The van der Waals surface area contributed by atoms with Gasteiger partial charge in [0.2, 0.25) is 0 Å². The zero-order valence-electron chi connectivity index (χ0n) is 10.2. The van der Waals surface area contributed by atoms with E-state index in [4.69, 9.17) is 10.5 Å². The molecule has 2 unspecified atom stereocenters. The molecule has 0 fully saturated rings. The Labute approximate surface area is 115 Å². The second-order valence-electron chi connectivity index (χ2n) is 3.83. The summed E-state index contributed by atoms with van der Waals surface area (Å²) in [6.45, 7) is 2.10. The Bertz CT molecular complexity index is 473. The van der Waals surface area contributed by atoms with Crippen molar-refractivity contribution in [3.8, 4) is 5.75 Å². The predicted octanol–water partition coefficient (Wildman–Crippen LogP) is 2.73. The molecule has 96 valence electrons. The first-order valence-electron chi connectivity index (χ1n) is 5.53. The SMILES string of the molecule is COc1ccc(C(N)C(C)Sc2ncns2)cc1. The normalized spacial score (nSPS) is 14.2. The summed E-state index contributed by atoms with van der Waals surface area (Å²) in [5.41, 5.74) is 7.34. The van der Waals surface area contributed by atoms with Crippen LogP contribution in [0.25, 0.3) is 0 Å². The summed E-state index contributed by atoms with van der Waals surface area (Å²) in [5.74, 6) is 0.843. The predicted molar refractivity (Wildman–Crippen MR) is 75.2 cm³/mol. The summed E-state index contributed by atoms with van der Waals surface area (Å²) in [4.78, 5) is 4.15. The molecule has 0 aliphatic rings. The highest BCUT2D eigenvalue weighted by Crippen LogP contribution is 2.31. The minimum Gasteiger partial charge on any atom is -0.497 e. The number of thioether (sulfide) groups is 1. The molecule has 18 heavy (non-hydrogen) atoms. The lowest BCUT2D eigenvalue weighted by atomic mass is 10.1. The second kappa shape index (κ2) is 6.17. The Morgan fingerprint density at radius 1 is 1.33 bits per heavy atom. The van der Waals surface area contributed by atoms with E-state index in [0.717, 1.165) is 15.7 Å². The van der Waals surface area contributed by atoms with Crippen LogP contribution in [0.1, 0.15) is 18.5 Å². The fourth-order valence-electron chi connectivity index (χ4n) is 1.54. The minimum absolute atomic E-state index is 0.0372. The van der Waals surface area contributed by atoms with E-state index in [2.05, 4.69) is 16.3 Å². The number of ether oxygens (including phenoxy) is 1. The molecular weight excluding hydrogens is 266 g/mol. The Balaban J connectivity index is 2.02. The Morgan fingerprint density at radius 3 is 2.61 bits per heavy atom. The van der Waals surface area contributed by atoms with Crippen molar-refractivity contribution in [3.05, 3.63) is 36.2 Å². The van der Waals surface area contributed by atoms with Crippen molar-refractivity contribution in [2.24, 2.45) is 5.73 Å². The molecular formula is C12H15N3OS2. The Kier molecular flexibility index (Phi) is 4.57. The molecule has 0 radical (unpaired) electrons. The third-order valence-corrected chi connectivity index (χ3v) is 4.58. The largest absolute Gasteiger partial charge is 0.497 e. The van der Waals surface area contributed by atoms with Gasteiger partial charge in [0, 0.05) is 11.3 Å². The van der Waals surface area contributed by atoms with Gasteiger partial charge < -0.3 is 10.5 Å². The first-order valence-corrected chi connectivity index (χ1v) is 7.19. The molecule has 1 aromatic carbocycles. The van der Waals surface area contributed by atoms with Crippen LogP contribution in [0, 0.1) is 0 Å². The summed E-state index contributed by atoms with van der Waals surface area (Å²) < 4.78 is 10.1. The number of benzene rings is 1. The van der Waals surface area contributed by atoms with Gasteiger partial charge in [-0.15, -0.1) is 0 Å². The molecule has 1 heterocycles. The number of nitrogens with zero attached hydrogens (tertiary/aromatic N) is 2. The van der Waals surface area contributed by atoms with Gasteiger partial charge in [0.15, 0.2) is 4.34 Å². The van der Waals surface area contributed by atoms with Crippen LogP contribution in [0.3, 0.4) is 0 Å². The number of nitrogens with two attached hydrogens (primary N) is 1. The van der Waals surface area contributed by atoms with Gasteiger partial charge in [-0.2, -0.15) is 4.37 Å². The highest BCUT2D eigenvalue weighted by atomic mass is 32.2. The van der Waals surface area contributed by atoms with E-state index in [1.54, 1.807) is 25.2 Å². The number of rotatable bonds is 5. The lowest BCUT2D eigenvalue weighted by Crippen LogP contribution is -2.20. The van der Waals surface area contributed by atoms with E-state index in [0.29, 0.717) is 0 Å². The zero-order chi connectivity index (χ0) is 13.0. The summed E-state index contributed by atoms with van der Waals surface area (Å²) in [5, 5.41) is 0.242. The average molecular weight is 281 g/mol. The molecule has 0 spiro atoms. The van der Waals surface area contributed by atoms with E-state index < -0.39 is 0 Å². The van der Waals surface area contributed by atoms with Crippen LogP contribution in [-0.4, -0.2) is 21.7 Å². The molecule has 0 saturated heterocycles. The maximum absolute atomic E-state index is 6.24. The van der Waals surface area contributed by atoms with Gasteiger partial charge in [0.05, 0.1) is 7.11 Å². The van der Waals surface area contributed by atoms with Crippen molar-refractivity contribution in [1.29, 1.82) is 0 Å². The van der Waals surface area contributed by atoms with E-state index in [1.165, 1.54) is 11.5 Å². The number of methoxy groups -OCH3 is 1. The molecule has 2 atom stereocenters. The molecule has 0 bridgehead atoms. The second-order valence-corrected chi connectivity index (χ2v) is 6.23. The van der Waals surface area contributed by atoms with Gasteiger partial charge in [-0.3, -0.25) is 0 Å². The summed E-state index contributed by atoms with van der Waals surface area (Å²) >= 11 is 3.05. The summed E-state index contributed by atoms with van der Waals surface area (Å²) in [6, 6.07) is 7.82. The smallest absolute Gasteiger partial charge is 0.170 e. The van der Waals surface area contributed by atoms with Crippen LogP contribution >= 0.6 is 23.3 Å².